The lowest BCUT2D eigenvalue weighted by Gasteiger charge is -2.21. The Balaban J connectivity index is 1.67. The van der Waals surface area contributed by atoms with Crippen molar-refractivity contribution in [3.8, 4) is 11.8 Å². The van der Waals surface area contributed by atoms with E-state index >= 15 is 4.57 Å². The third kappa shape index (κ3) is 5.78. The average molecular weight is 538 g/mol. The average Bonchev–Trinajstić information content (AvgIpc) is 3.02. The first-order chi connectivity index (χ1) is 19.6. The second kappa shape index (κ2) is 12.1. The molecule has 5 rings (SSSR count). The summed E-state index contributed by atoms with van der Waals surface area (Å²) in [6.45, 7) is 0. The molecule has 0 saturated heterocycles. The van der Waals surface area contributed by atoms with Crippen LogP contribution in [-0.4, -0.2) is 4.92 Å². The summed E-state index contributed by atoms with van der Waals surface area (Å²) in [5.41, 5.74) is 6.53. The summed E-state index contributed by atoms with van der Waals surface area (Å²) in [4.78, 5) is 10.5. The topological polar surface area (TPSA) is 60.2 Å². The van der Waals surface area contributed by atoms with Gasteiger partial charge in [0.1, 0.15) is 0 Å². The number of hydrogen-bond donors (Lipinski definition) is 0. The first-order valence-electron chi connectivity index (χ1n) is 12.7. The Morgan fingerprint density at radius 1 is 0.650 bits per heavy atom. The second-order valence-electron chi connectivity index (χ2n) is 8.92. The third-order valence-corrected chi connectivity index (χ3v) is 9.41. The Bertz CT molecular complexity index is 1770. The van der Waals surface area contributed by atoms with Crippen LogP contribution in [0.1, 0.15) is 22.3 Å². The molecule has 0 saturated carbocycles. The molecule has 0 aliphatic heterocycles. The Morgan fingerprint density at radius 3 is 1.75 bits per heavy atom. The van der Waals surface area contributed by atoms with E-state index in [9.17, 15) is 10.1 Å². The molecular formula is C35H24NO3P. The van der Waals surface area contributed by atoms with E-state index in [2.05, 4.69) is 17.6 Å². The van der Waals surface area contributed by atoms with E-state index in [0.29, 0.717) is 10.9 Å². The molecule has 0 spiro atoms. The maximum atomic E-state index is 15.2. The third-order valence-electron chi connectivity index (χ3n) is 6.35. The highest BCUT2D eigenvalue weighted by atomic mass is 31.2. The SMILES string of the molecule is O=[N+]([O-])c1ccc(C#Cc2ccccc2C=C=C(c2ccccc2)P(=O)(c2ccccc2)c2ccccc2)cc1. The Labute approximate surface area is 233 Å². The van der Waals surface area contributed by atoms with Gasteiger partial charge in [-0.15, -0.1) is 5.73 Å². The smallest absolute Gasteiger partial charge is 0.269 e. The molecule has 0 fully saturated rings. The van der Waals surface area contributed by atoms with E-state index in [1.54, 1.807) is 12.1 Å². The summed E-state index contributed by atoms with van der Waals surface area (Å²) in [6.07, 6.45) is 1.83. The predicted molar refractivity (Wildman–Crippen MR) is 163 cm³/mol. The minimum absolute atomic E-state index is 0.0220. The van der Waals surface area contributed by atoms with Crippen LogP contribution in [0.15, 0.2) is 145 Å². The molecule has 0 atom stereocenters. The van der Waals surface area contributed by atoms with Crippen LogP contribution in [0.25, 0.3) is 11.4 Å². The quantitative estimate of drug-likeness (QED) is 0.0735. The highest BCUT2D eigenvalue weighted by Crippen LogP contribution is 2.56. The normalized spacial score (nSPS) is 10.5. The molecule has 5 aromatic carbocycles. The van der Waals surface area contributed by atoms with Crippen molar-refractivity contribution in [2.24, 2.45) is 0 Å². The molecule has 5 aromatic rings. The number of hydrogen-bond acceptors (Lipinski definition) is 3. The Hall–Kier alpha value is -5.19. The van der Waals surface area contributed by atoms with E-state index in [1.165, 1.54) is 12.1 Å². The van der Waals surface area contributed by atoms with Crippen LogP contribution < -0.4 is 10.6 Å². The summed E-state index contributed by atoms with van der Waals surface area (Å²) < 4.78 is 15.2. The lowest BCUT2D eigenvalue weighted by Crippen LogP contribution is -2.16. The zero-order valence-electron chi connectivity index (χ0n) is 21.5. The Kier molecular flexibility index (Phi) is 8.00. The molecule has 4 nitrogen and oxygen atoms in total. The Morgan fingerprint density at radius 2 is 1.18 bits per heavy atom. The molecule has 0 N–H and O–H groups in total. The van der Waals surface area contributed by atoms with Crippen molar-refractivity contribution in [3.05, 3.63) is 178 Å². The fraction of sp³-hybridized carbons (Fsp3) is 0. The maximum Gasteiger partial charge on any atom is 0.269 e. The van der Waals surface area contributed by atoms with Gasteiger partial charge in [0, 0.05) is 33.9 Å². The largest absolute Gasteiger partial charge is 0.308 e. The van der Waals surface area contributed by atoms with Gasteiger partial charge < -0.3 is 4.57 Å². The van der Waals surface area contributed by atoms with Gasteiger partial charge in [0.25, 0.3) is 5.69 Å². The number of non-ortho nitro benzene ring substituents is 1. The summed E-state index contributed by atoms with van der Waals surface area (Å²) in [5.74, 6) is 6.26. The van der Waals surface area contributed by atoms with Crippen LogP contribution in [0.3, 0.4) is 0 Å². The monoisotopic (exact) mass is 537 g/mol. The second-order valence-corrected chi connectivity index (χ2v) is 11.6. The van der Waals surface area contributed by atoms with Crippen LogP contribution >= 0.6 is 7.14 Å². The van der Waals surface area contributed by atoms with Crippen molar-refractivity contribution in [3.63, 3.8) is 0 Å². The highest BCUT2D eigenvalue weighted by Gasteiger charge is 2.32. The molecule has 0 amide bonds. The van der Waals surface area contributed by atoms with E-state index < -0.39 is 12.1 Å². The molecule has 0 unspecified atom stereocenters. The van der Waals surface area contributed by atoms with E-state index in [1.807, 2.05) is 121 Å². The van der Waals surface area contributed by atoms with Crippen molar-refractivity contribution < 1.29 is 9.49 Å². The predicted octanol–water partition coefficient (Wildman–Crippen LogP) is 7.66. The van der Waals surface area contributed by atoms with E-state index in [4.69, 9.17) is 0 Å². The fourth-order valence-corrected chi connectivity index (χ4v) is 7.08. The van der Waals surface area contributed by atoms with Crippen molar-refractivity contribution in [2.75, 3.05) is 0 Å². The molecule has 40 heavy (non-hydrogen) atoms. The lowest BCUT2D eigenvalue weighted by atomic mass is 10.1. The first kappa shape index (κ1) is 26.4. The lowest BCUT2D eigenvalue weighted by molar-refractivity contribution is -0.384. The van der Waals surface area contributed by atoms with E-state index in [-0.39, 0.29) is 5.69 Å². The molecule has 0 aliphatic carbocycles. The fourth-order valence-electron chi connectivity index (χ4n) is 4.32. The summed E-state index contributed by atoms with van der Waals surface area (Å²) in [7, 11) is -3.30. The van der Waals surface area contributed by atoms with Crippen molar-refractivity contribution in [1.82, 2.24) is 0 Å². The van der Waals surface area contributed by atoms with Gasteiger partial charge in [0.15, 0.2) is 7.14 Å². The number of benzene rings is 5. The van der Waals surface area contributed by atoms with Gasteiger partial charge in [0.05, 0.1) is 10.2 Å². The van der Waals surface area contributed by atoms with Crippen molar-refractivity contribution >= 4 is 34.8 Å². The summed E-state index contributed by atoms with van der Waals surface area (Å²) in [5, 5.41) is 13.0. The van der Waals surface area contributed by atoms with Gasteiger partial charge in [-0.1, -0.05) is 121 Å². The number of nitro groups is 1. The van der Waals surface area contributed by atoms with Gasteiger partial charge in [-0.3, -0.25) is 10.1 Å². The van der Waals surface area contributed by atoms with Gasteiger partial charge in [-0.25, -0.2) is 0 Å². The van der Waals surface area contributed by atoms with Gasteiger partial charge in [-0.2, -0.15) is 0 Å². The minimum atomic E-state index is -3.30. The van der Waals surface area contributed by atoms with Crippen LogP contribution in [0.4, 0.5) is 5.69 Å². The maximum absolute atomic E-state index is 15.2. The van der Waals surface area contributed by atoms with Crippen molar-refractivity contribution in [1.29, 1.82) is 0 Å². The first-order valence-corrected chi connectivity index (χ1v) is 14.4. The van der Waals surface area contributed by atoms with Crippen LogP contribution in [0.2, 0.25) is 0 Å². The van der Waals surface area contributed by atoms with Crippen LogP contribution in [0.5, 0.6) is 0 Å². The molecule has 192 valence electrons. The summed E-state index contributed by atoms with van der Waals surface area (Å²) >= 11 is 0. The van der Waals surface area contributed by atoms with E-state index in [0.717, 1.165) is 27.3 Å². The zero-order chi connectivity index (χ0) is 27.8. The summed E-state index contributed by atoms with van der Waals surface area (Å²) in [6, 6.07) is 42.6. The van der Waals surface area contributed by atoms with Crippen molar-refractivity contribution in [2.45, 2.75) is 0 Å². The molecule has 5 heteroatoms. The number of nitro benzene ring substituents is 1. The molecule has 0 heterocycles. The van der Waals surface area contributed by atoms with Gasteiger partial charge in [-0.05, 0) is 35.4 Å². The zero-order valence-corrected chi connectivity index (χ0v) is 22.4. The molecule has 0 aromatic heterocycles. The van der Waals surface area contributed by atoms with Crippen LogP contribution in [-0.2, 0) is 4.57 Å². The number of nitrogens with zero attached hydrogens (tertiary/aromatic N) is 1. The minimum Gasteiger partial charge on any atom is -0.308 e. The molecular weight excluding hydrogens is 513 g/mol. The standard InChI is InChI=1S/C35H24NO3P/c37-36(38)32-25-21-28(22-26-32)20-23-29-12-10-11-13-30(29)24-27-35(31-14-4-1-5-15-31)40(39,33-16-6-2-7-17-33)34-18-8-3-9-19-34/h1-19,21-22,24-26H. The molecule has 0 radical (unpaired) electrons. The van der Waals surface area contributed by atoms with Crippen LogP contribution in [0, 0.1) is 22.0 Å². The van der Waals surface area contributed by atoms with Gasteiger partial charge in [0.2, 0.25) is 0 Å². The molecule has 0 aliphatic rings. The van der Waals surface area contributed by atoms with Gasteiger partial charge >= 0.3 is 0 Å². The molecule has 0 bridgehead atoms. The highest BCUT2D eigenvalue weighted by molar-refractivity contribution is 7.87. The number of rotatable bonds is 6.